The predicted octanol–water partition coefficient (Wildman–Crippen LogP) is 1.96. The molecule has 0 saturated heterocycles. The number of hydrogen-bond donors (Lipinski definition) is 1. The molecule has 1 aromatic heterocycles. The highest BCUT2D eigenvalue weighted by molar-refractivity contribution is 6.31. The third-order valence-corrected chi connectivity index (χ3v) is 2.12. The van der Waals surface area contributed by atoms with Crippen molar-refractivity contribution < 1.29 is 4.39 Å². The minimum absolute atomic E-state index is 0.318. The highest BCUT2D eigenvalue weighted by atomic mass is 35.5. The molecule has 72 valence electrons. The zero-order chi connectivity index (χ0) is 9.68. The lowest BCUT2D eigenvalue weighted by molar-refractivity contribution is 0.316. The average Bonchev–Trinajstić information content (AvgIpc) is 2.09. The van der Waals surface area contributed by atoms with E-state index in [2.05, 4.69) is 4.98 Å². The molecule has 4 heteroatoms. The lowest BCUT2D eigenvalue weighted by Crippen LogP contribution is -2.11. The summed E-state index contributed by atoms with van der Waals surface area (Å²) in [6.45, 7) is 0.365. The average molecular weight is 203 g/mol. The Morgan fingerprint density at radius 3 is 3.00 bits per heavy atom. The smallest absolute Gasteiger partial charge is 0.105 e. The van der Waals surface area contributed by atoms with Crippen molar-refractivity contribution in [2.75, 3.05) is 6.54 Å². The quantitative estimate of drug-likeness (QED) is 0.811. The van der Waals surface area contributed by atoms with Crippen molar-refractivity contribution in [3.8, 4) is 0 Å². The Hall–Kier alpha value is -0.670. The first-order chi connectivity index (χ1) is 6.24. The molecule has 0 saturated carbocycles. The van der Waals surface area contributed by atoms with E-state index in [1.54, 1.807) is 12.3 Å². The Balaban J connectivity index is 2.58. The third-order valence-electron chi connectivity index (χ3n) is 1.78. The Bertz CT molecular complexity index is 268. The van der Waals surface area contributed by atoms with Crippen molar-refractivity contribution in [1.29, 1.82) is 0 Å². The first-order valence-corrected chi connectivity index (χ1v) is 4.54. The second kappa shape index (κ2) is 5.14. The summed E-state index contributed by atoms with van der Waals surface area (Å²) >= 11 is 5.81. The van der Waals surface area contributed by atoms with E-state index in [0.29, 0.717) is 24.4 Å². The minimum Gasteiger partial charge on any atom is -0.330 e. The SMILES string of the molecule is NCCC(F)Cc1ccncc1Cl. The van der Waals surface area contributed by atoms with E-state index in [1.165, 1.54) is 6.20 Å². The van der Waals surface area contributed by atoms with Gasteiger partial charge in [-0.1, -0.05) is 11.6 Å². The molecule has 1 unspecified atom stereocenters. The van der Waals surface area contributed by atoms with Gasteiger partial charge < -0.3 is 5.73 Å². The van der Waals surface area contributed by atoms with E-state index in [0.717, 1.165) is 5.56 Å². The number of nitrogens with zero attached hydrogens (tertiary/aromatic N) is 1. The highest BCUT2D eigenvalue weighted by Crippen LogP contribution is 2.17. The van der Waals surface area contributed by atoms with Gasteiger partial charge in [0, 0.05) is 18.8 Å². The molecule has 1 atom stereocenters. The fourth-order valence-electron chi connectivity index (χ4n) is 1.09. The van der Waals surface area contributed by atoms with Crippen LogP contribution in [0, 0.1) is 0 Å². The van der Waals surface area contributed by atoms with Gasteiger partial charge in [-0.3, -0.25) is 4.98 Å². The second-order valence-electron chi connectivity index (χ2n) is 2.85. The Morgan fingerprint density at radius 1 is 1.62 bits per heavy atom. The van der Waals surface area contributed by atoms with Gasteiger partial charge in [-0.05, 0) is 24.6 Å². The number of aromatic nitrogens is 1. The summed E-state index contributed by atoms with van der Waals surface area (Å²) in [7, 11) is 0. The summed E-state index contributed by atoms with van der Waals surface area (Å²) in [5.41, 5.74) is 6.03. The van der Waals surface area contributed by atoms with Crippen LogP contribution in [0.5, 0.6) is 0 Å². The molecule has 13 heavy (non-hydrogen) atoms. The molecule has 0 aromatic carbocycles. The lowest BCUT2D eigenvalue weighted by atomic mass is 10.1. The second-order valence-corrected chi connectivity index (χ2v) is 3.25. The van der Waals surface area contributed by atoms with Crippen LogP contribution >= 0.6 is 11.6 Å². The first-order valence-electron chi connectivity index (χ1n) is 4.16. The van der Waals surface area contributed by atoms with Gasteiger partial charge in [-0.25, -0.2) is 4.39 Å². The number of nitrogens with two attached hydrogens (primary N) is 1. The maximum Gasteiger partial charge on any atom is 0.105 e. The van der Waals surface area contributed by atoms with Crippen LogP contribution < -0.4 is 5.73 Å². The Morgan fingerprint density at radius 2 is 2.38 bits per heavy atom. The van der Waals surface area contributed by atoms with Crippen LogP contribution in [-0.4, -0.2) is 17.7 Å². The highest BCUT2D eigenvalue weighted by Gasteiger charge is 2.08. The minimum atomic E-state index is -0.912. The van der Waals surface area contributed by atoms with Gasteiger partial charge in [0.2, 0.25) is 0 Å². The van der Waals surface area contributed by atoms with E-state index in [4.69, 9.17) is 17.3 Å². The zero-order valence-electron chi connectivity index (χ0n) is 7.21. The molecule has 2 nitrogen and oxygen atoms in total. The van der Waals surface area contributed by atoms with Crippen LogP contribution in [0.3, 0.4) is 0 Å². The van der Waals surface area contributed by atoms with Gasteiger partial charge in [-0.2, -0.15) is 0 Å². The van der Waals surface area contributed by atoms with Gasteiger partial charge in [0.1, 0.15) is 6.17 Å². The number of pyridine rings is 1. The number of alkyl halides is 1. The first kappa shape index (κ1) is 10.4. The Labute approximate surface area is 81.9 Å². The molecule has 0 amide bonds. The van der Waals surface area contributed by atoms with E-state index in [9.17, 15) is 4.39 Å². The molecular weight excluding hydrogens is 191 g/mol. The molecule has 1 heterocycles. The summed E-state index contributed by atoms with van der Waals surface area (Å²) in [6, 6.07) is 1.73. The molecule has 2 N–H and O–H groups in total. The number of rotatable bonds is 4. The fraction of sp³-hybridized carbons (Fsp3) is 0.444. The molecule has 0 aliphatic carbocycles. The van der Waals surface area contributed by atoms with Crippen LogP contribution in [0.1, 0.15) is 12.0 Å². The van der Waals surface area contributed by atoms with Crippen molar-refractivity contribution in [2.45, 2.75) is 19.0 Å². The number of hydrogen-bond acceptors (Lipinski definition) is 2. The van der Waals surface area contributed by atoms with Crippen LogP contribution in [0.15, 0.2) is 18.5 Å². The zero-order valence-corrected chi connectivity index (χ0v) is 7.97. The summed E-state index contributed by atoms with van der Waals surface area (Å²) in [5, 5.41) is 0.516. The van der Waals surface area contributed by atoms with E-state index < -0.39 is 6.17 Å². The summed E-state index contributed by atoms with van der Waals surface area (Å²) < 4.78 is 13.1. The molecule has 0 radical (unpaired) electrons. The van der Waals surface area contributed by atoms with Gasteiger partial charge >= 0.3 is 0 Å². The molecule has 0 aliphatic heterocycles. The van der Waals surface area contributed by atoms with Gasteiger partial charge in [-0.15, -0.1) is 0 Å². The standard InChI is InChI=1S/C9H12ClFN2/c10-9-6-13-4-2-7(9)5-8(11)1-3-12/h2,4,6,8H,1,3,5,12H2. The van der Waals surface area contributed by atoms with Crippen molar-refractivity contribution in [2.24, 2.45) is 5.73 Å². The lowest BCUT2D eigenvalue weighted by Gasteiger charge is -2.07. The molecular formula is C9H12ClFN2. The van der Waals surface area contributed by atoms with Crippen LogP contribution in [0.25, 0.3) is 0 Å². The van der Waals surface area contributed by atoms with Crippen LogP contribution in [-0.2, 0) is 6.42 Å². The maximum atomic E-state index is 13.1. The van der Waals surface area contributed by atoms with E-state index in [-0.39, 0.29) is 0 Å². The van der Waals surface area contributed by atoms with Crippen LogP contribution in [0.4, 0.5) is 4.39 Å². The normalized spacial score (nSPS) is 12.8. The molecule has 0 fully saturated rings. The molecule has 1 rings (SSSR count). The van der Waals surface area contributed by atoms with Crippen molar-refractivity contribution >= 4 is 11.6 Å². The third kappa shape index (κ3) is 3.28. The predicted molar refractivity (Wildman–Crippen MR) is 51.5 cm³/mol. The van der Waals surface area contributed by atoms with Crippen molar-refractivity contribution in [3.63, 3.8) is 0 Å². The van der Waals surface area contributed by atoms with E-state index >= 15 is 0 Å². The molecule has 1 aromatic rings. The molecule has 0 aliphatic rings. The monoisotopic (exact) mass is 202 g/mol. The molecule has 0 bridgehead atoms. The van der Waals surface area contributed by atoms with Gasteiger partial charge in [0.15, 0.2) is 0 Å². The number of halogens is 2. The summed E-state index contributed by atoms with van der Waals surface area (Å²) in [6.07, 6.45) is 2.91. The maximum absolute atomic E-state index is 13.1. The largest absolute Gasteiger partial charge is 0.330 e. The molecule has 0 spiro atoms. The summed E-state index contributed by atoms with van der Waals surface area (Å²) in [5.74, 6) is 0. The van der Waals surface area contributed by atoms with E-state index in [1.807, 2.05) is 0 Å². The Kier molecular flexibility index (Phi) is 4.12. The van der Waals surface area contributed by atoms with Crippen molar-refractivity contribution in [1.82, 2.24) is 4.98 Å². The van der Waals surface area contributed by atoms with Crippen molar-refractivity contribution in [3.05, 3.63) is 29.0 Å². The van der Waals surface area contributed by atoms with Gasteiger partial charge in [0.25, 0.3) is 0 Å². The van der Waals surface area contributed by atoms with Gasteiger partial charge in [0.05, 0.1) is 5.02 Å². The van der Waals surface area contributed by atoms with Crippen LogP contribution in [0.2, 0.25) is 5.02 Å². The fourth-order valence-corrected chi connectivity index (χ4v) is 1.29. The topological polar surface area (TPSA) is 38.9 Å². The summed E-state index contributed by atoms with van der Waals surface area (Å²) in [4.78, 5) is 3.82.